The lowest BCUT2D eigenvalue weighted by Gasteiger charge is -2.28. The van der Waals surface area contributed by atoms with Crippen LogP contribution < -0.4 is 4.90 Å². The molecule has 4 rings (SSSR count). The van der Waals surface area contributed by atoms with E-state index in [0.29, 0.717) is 5.92 Å². The fourth-order valence-electron chi connectivity index (χ4n) is 4.17. The van der Waals surface area contributed by atoms with Crippen LogP contribution in [0.15, 0.2) is 76.9 Å². The minimum absolute atomic E-state index is 0.0657. The highest BCUT2D eigenvalue weighted by atomic mass is 16.2. The van der Waals surface area contributed by atoms with Crippen LogP contribution >= 0.6 is 0 Å². The SMILES string of the molecule is CC(C)CC1=NCCN(C)C2=C1C(c1ccccc1)N(c1ccccc1)C2=O. The number of carbonyl (C=O) groups is 1. The fraction of sp³-hybridized carbons (Fsp3) is 0.333. The fourth-order valence-corrected chi connectivity index (χ4v) is 4.17. The Hall–Kier alpha value is -2.88. The Morgan fingerprint density at radius 2 is 1.68 bits per heavy atom. The summed E-state index contributed by atoms with van der Waals surface area (Å²) in [6, 6.07) is 20.2. The molecule has 1 amide bonds. The van der Waals surface area contributed by atoms with E-state index in [1.807, 2.05) is 60.5 Å². The number of hydrogen-bond donors (Lipinski definition) is 0. The van der Waals surface area contributed by atoms with Crippen LogP contribution in [0.2, 0.25) is 0 Å². The van der Waals surface area contributed by atoms with Gasteiger partial charge in [-0.25, -0.2) is 0 Å². The molecule has 0 saturated heterocycles. The normalized spacial score (nSPS) is 19.8. The van der Waals surface area contributed by atoms with Gasteiger partial charge in [-0.15, -0.1) is 0 Å². The standard InChI is InChI=1S/C24H27N3O/c1-17(2)16-20-21-22(18-10-6-4-7-11-18)27(19-12-8-5-9-13-19)24(28)23(21)26(3)15-14-25-20/h4-13,17,22H,14-16H2,1-3H3. The minimum atomic E-state index is -0.149. The van der Waals surface area contributed by atoms with Gasteiger partial charge in [0.2, 0.25) is 0 Å². The van der Waals surface area contributed by atoms with Gasteiger partial charge in [0.1, 0.15) is 5.70 Å². The van der Waals surface area contributed by atoms with Gasteiger partial charge in [-0.1, -0.05) is 62.4 Å². The lowest BCUT2D eigenvalue weighted by Crippen LogP contribution is -2.34. The van der Waals surface area contributed by atoms with Gasteiger partial charge in [-0.2, -0.15) is 0 Å². The molecule has 1 unspecified atom stereocenters. The van der Waals surface area contributed by atoms with E-state index in [1.54, 1.807) is 0 Å². The molecule has 4 nitrogen and oxygen atoms in total. The second kappa shape index (κ2) is 7.63. The van der Waals surface area contributed by atoms with Crippen molar-refractivity contribution < 1.29 is 4.79 Å². The number of likely N-dealkylation sites (N-methyl/N-ethyl adjacent to an activating group) is 1. The number of carbonyl (C=O) groups excluding carboxylic acids is 1. The van der Waals surface area contributed by atoms with Crippen molar-refractivity contribution >= 4 is 17.3 Å². The van der Waals surface area contributed by atoms with Crippen LogP contribution in [-0.4, -0.2) is 36.7 Å². The molecule has 144 valence electrons. The van der Waals surface area contributed by atoms with Gasteiger partial charge in [0.15, 0.2) is 0 Å². The van der Waals surface area contributed by atoms with Crippen LogP contribution in [0.1, 0.15) is 31.9 Å². The first-order valence-electron chi connectivity index (χ1n) is 10.0. The smallest absolute Gasteiger partial charge is 0.275 e. The van der Waals surface area contributed by atoms with E-state index < -0.39 is 0 Å². The summed E-state index contributed by atoms with van der Waals surface area (Å²) in [7, 11) is 2.01. The van der Waals surface area contributed by atoms with E-state index in [0.717, 1.165) is 47.7 Å². The highest BCUT2D eigenvalue weighted by Crippen LogP contribution is 2.43. The van der Waals surface area contributed by atoms with Crippen molar-refractivity contribution in [2.24, 2.45) is 10.9 Å². The van der Waals surface area contributed by atoms with Gasteiger partial charge >= 0.3 is 0 Å². The van der Waals surface area contributed by atoms with Gasteiger partial charge in [0.25, 0.3) is 5.91 Å². The maximum absolute atomic E-state index is 13.7. The molecule has 0 radical (unpaired) electrons. The summed E-state index contributed by atoms with van der Waals surface area (Å²) >= 11 is 0. The van der Waals surface area contributed by atoms with E-state index in [1.165, 1.54) is 0 Å². The number of rotatable bonds is 4. The topological polar surface area (TPSA) is 35.9 Å². The predicted octanol–water partition coefficient (Wildman–Crippen LogP) is 4.46. The summed E-state index contributed by atoms with van der Waals surface area (Å²) in [6.45, 7) is 5.91. The Morgan fingerprint density at radius 3 is 2.32 bits per heavy atom. The molecule has 1 atom stereocenters. The molecular weight excluding hydrogens is 346 g/mol. The van der Waals surface area contributed by atoms with Gasteiger partial charge in [-0.05, 0) is 30.0 Å². The van der Waals surface area contributed by atoms with Crippen LogP contribution in [0.4, 0.5) is 5.69 Å². The van der Waals surface area contributed by atoms with Crippen LogP contribution in [0.25, 0.3) is 0 Å². The molecule has 2 aliphatic rings. The zero-order valence-electron chi connectivity index (χ0n) is 16.8. The second-order valence-electron chi connectivity index (χ2n) is 7.93. The summed E-state index contributed by atoms with van der Waals surface area (Å²) in [4.78, 5) is 22.7. The quantitative estimate of drug-likeness (QED) is 0.793. The zero-order valence-corrected chi connectivity index (χ0v) is 16.8. The van der Waals surface area contributed by atoms with E-state index in [9.17, 15) is 4.79 Å². The average Bonchev–Trinajstić information content (AvgIpc) is 2.91. The van der Waals surface area contributed by atoms with Crippen molar-refractivity contribution in [1.29, 1.82) is 0 Å². The van der Waals surface area contributed by atoms with Gasteiger partial charge in [0.05, 0.1) is 12.6 Å². The molecule has 0 bridgehead atoms. The third-order valence-electron chi connectivity index (χ3n) is 5.39. The van der Waals surface area contributed by atoms with Crippen LogP contribution in [-0.2, 0) is 4.79 Å². The maximum Gasteiger partial charge on any atom is 0.275 e. The van der Waals surface area contributed by atoms with E-state index in [2.05, 4.69) is 30.9 Å². The van der Waals surface area contributed by atoms with Crippen molar-refractivity contribution in [1.82, 2.24) is 4.90 Å². The first-order chi connectivity index (χ1) is 13.6. The molecule has 4 heteroatoms. The summed E-state index contributed by atoms with van der Waals surface area (Å²) < 4.78 is 0. The number of benzene rings is 2. The van der Waals surface area contributed by atoms with Crippen molar-refractivity contribution in [3.8, 4) is 0 Å². The molecule has 0 aromatic heterocycles. The summed E-state index contributed by atoms with van der Waals surface area (Å²) in [5.41, 5.74) is 5.00. The third-order valence-corrected chi connectivity index (χ3v) is 5.39. The molecule has 2 aromatic rings. The van der Waals surface area contributed by atoms with Crippen molar-refractivity contribution in [3.05, 3.63) is 77.5 Å². The van der Waals surface area contributed by atoms with E-state index >= 15 is 0 Å². The molecule has 28 heavy (non-hydrogen) atoms. The van der Waals surface area contributed by atoms with Gasteiger partial charge < -0.3 is 4.90 Å². The Kier molecular flexibility index (Phi) is 5.03. The number of amides is 1. The van der Waals surface area contributed by atoms with Crippen LogP contribution in [0, 0.1) is 5.92 Å². The van der Waals surface area contributed by atoms with Crippen molar-refractivity contribution in [3.63, 3.8) is 0 Å². The minimum Gasteiger partial charge on any atom is -0.368 e. The van der Waals surface area contributed by atoms with Crippen molar-refractivity contribution in [2.75, 3.05) is 25.0 Å². The molecule has 0 aliphatic carbocycles. The monoisotopic (exact) mass is 373 g/mol. The molecule has 0 fully saturated rings. The summed E-state index contributed by atoms with van der Waals surface area (Å²) in [5.74, 6) is 0.545. The number of hydrogen-bond acceptors (Lipinski definition) is 3. The molecule has 0 saturated carbocycles. The number of para-hydroxylation sites is 1. The highest BCUT2D eigenvalue weighted by Gasteiger charge is 2.44. The molecule has 2 aromatic carbocycles. The molecular formula is C24H27N3O. The Bertz CT molecular complexity index is 915. The van der Waals surface area contributed by atoms with Crippen LogP contribution in [0.3, 0.4) is 0 Å². The predicted molar refractivity (Wildman–Crippen MR) is 115 cm³/mol. The lowest BCUT2D eigenvalue weighted by molar-refractivity contribution is -0.116. The van der Waals surface area contributed by atoms with Crippen molar-refractivity contribution in [2.45, 2.75) is 26.3 Å². The first-order valence-corrected chi connectivity index (χ1v) is 10.0. The molecule has 0 N–H and O–H groups in total. The molecule has 0 spiro atoms. The first kappa shape index (κ1) is 18.5. The third kappa shape index (κ3) is 3.24. The average molecular weight is 374 g/mol. The molecule has 2 heterocycles. The number of aliphatic imine (C=N–C) groups is 1. The van der Waals surface area contributed by atoms with E-state index in [-0.39, 0.29) is 11.9 Å². The zero-order chi connectivity index (χ0) is 19.7. The highest BCUT2D eigenvalue weighted by molar-refractivity contribution is 6.19. The lowest BCUT2D eigenvalue weighted by atomic mass is 9.91. The van der Waals surface area contributed by atoms with Gasteiger partial charge in [0, 0.05) is 30.6 Å². The Labute approximate surface area is 167 Å². The van der Waals surface area contributed by atoms with Gasteiger partial charge in [-0.3, -0.25) is 14.7 Å². The number of nitrogens with zero attached hydrogens (tertiary/aromatic N) is 3. The second-order valence-corrected chi connectivity index (χ2v) is 7.93. The summed E-state index contributed by atoms with van der Waals surface area (Å²) in [5, 5.41) is 0. The Balaban J connectivity index is 1.92. The largest absolute Gasteiger partial charge is 0.368 e. The maximum atomic E-state index is 13.7. The summed E-state index contributed by atoms with van der Waals surface area (Å²) in [6.07, 6.45) is 0.881. The number of anilines is 1. The molecule has 2 aliphatic heterocycles. The van der Waals surface area contributed by atoms with E-state index in [4.69, 9.17) is 4.99 Å². The van der Waals surface area contributed by atoms with Crippen LogP contribution in [0.5, 0.6) is 0 Å². The Morgan fingerprint density at radius 1 is 1.04 bits per heavy atom.